The third-order valence-corrected chi connectivity index (χ3v) is 5.53. The number of benzene rings is 1. The molecular weight excluding hydrogens is 248 g/mol. The summed E-state index contributed by atoms with van der Waals surface area (Å²) in [5.74, 6) is 0.633. The summed E-state index contributed by atoms with van der Waals surface area (Å²) >= 11 is 0. The van der Waals surface area contributed by atoms with Gasteiger partial charge in [0.1, 0.15) is 0 Å². The van der Waals surface area contributed by atoms with E-state index in [4.69, 9.17) is 5.73 Å². The molecule has 1 fully saturated rings. The Labute approximate surface area is 108 Å². The van der Waals surface area contributed by atoms with Gasteiger partial charge >= 0.3 is 0 Å². The molecule has 0 aromatic heterocycles. The van der Waals surface area contributed by atoms with Crippen molar-refractivity contribution in [2.75, 3.05) is 16.6 Å². The van der Waals surface area contributed by atoms with Gasteiger partial charge in [-0.15, -0.1) is 0 Å². The van der Waals surface area contributed by atoms with Gasteiger partial charge in [0.05, 0.1) is 11.4 Å². The fraction of sp³-hybridized carbons (Fsp3) is 0.538. The van der Waals surface area contributed by atoms with Crippen LogP contribution in [-0.4, -0.2) is 26.8 Å². The van der Waals surface area contributed by atoms with Crippen LogP contribution < -0.4 is 10.0 Å². The smallest absolute Gasteiger partial charge is 0.235 e. The van der Waals surface area contributed by atoms with E-state index in [1.165, 1.54) is 4.31 Å². The average molecular weight is 266 g/mol. The molecule has 1 saturated carbocycles. The molecule has 98 valence electrons. The largest absolute Gasteiger partial charge is 0.326 e. The van der Waals surface area contributed by atoms with Gasteiger partial charge in [-0.05, 0) is 36.8 Å². The van der Waals surface area contributed by atoms with Gasteiger partial charge in [-0.3, -0.25) is 4.31 Å². The first-order valence-corrected chi connectivity index (χ1v) is 8.01. The van der Waals surface area contributed by atoms with E-state index in [1.807, 2.05) is 24.3 Å². The number of hydrogen-bond donors (Lipinski definition) is 1. The van der Waals surface area contributed by atoms with Gasteiger partial charge in [0.15, 0.2) is 0 Å². The molecule has 0 spiro atoms. The molecule has 0 amide bonds. The van der Waals surface area contributed by atoms with Gasteiger partial charge in [-0.2, -0.15) is 0 Å². The third-order valence-electron chi connectivity index (χ3n) is 3.62. The highest BCUT2D eigenvalue weighted by Gasteiger charge is 2.35. The zero-order valence-corrected chi connectivity index (χ0v) is 11.1. The summed E-state index contributed by atoms with van der Waals surface area (Å²) in [6.45, 7) is 0.409. The van der Waals surface area contributed by atoms with Crippen LogP contribution >= 0.6 is 0 Å². The summed E-state index contributed by atoms with van der Waals surface area (Å²) in [5.41, 5.74) is 7.83. The fourth-order valence-corrected chi connectivity index (χ4v) is 4.53. The van der Waals surface area contributed by atoms with Crippen LogP contribution in [0.15, 0.2) is 24.3 Å². The monoisotopic (exact) mass is 266 g/mol. The minimum absolute atomic E-state index is 0.103. The molecule has 0 bridgehead atoms. The molecule has 1 aromatic rings. The summed E-state index contributed by atoms with van der Waals surface area (Å²) in [7, 11) is -3.21. The Morgan fingerprint density at radius 1 is 1.28 bits per heavy atom. The molecule has 4 nitrogen and oxygen atoms in total. The topological polar surface area (TPSA) is 63.4 Å². The van der Waals surface area contributed by atoms with Crippen molar-refractivity contribution in [3.05, 3.63) is 29.8 Å². The maximum atomic E-state index is 12.4. The molecule has 1 aromatic carbocycles. The van der Waals surface area contributed by atoms with Crippen LogP contribution in [0.1, 0.15) is 18.4 Å². The molecule has 1 aliphatic heterocycles. The standard InChI is InChI=1S/C13H18N2O2S/c14-12-7-11-3-1-2-4-13(11)15(8-12)18(16,17)9-10-5-6-10/h1-4,10,12H,5-9,14H2. The van der Waals surface area contributed by atoms with Crippen molar-refractivity contribution < 1.29 is 8.42 Å². The maximum Gasteiger partial charge on any atom is 0.235 e. The van der Waals surface area contributed by atoms with Gasteiger partial charge in [0.25, 0.3) is 0 Å². The normalized spacial score (nSPS) is 23.8. The number of hydrogen-bond acceptors (Lipinski definition) is 3. The third kappa shape index (κ3) is 2.24. The van der Waals surface area contributed by atoms with Crippen molar-refractivity contribution in [2.45, 2.75) is 25.3 Å². The van der Waals surface area contributed by atoms with Crippen LogP contribution in [0.2, 0.25) is 0 Å². The molecule has 1 aliphatic carbocycles. The van der Waals surface area contributed by atoms with E-state index < -0.39 is 10.0 Å². The molecule has 3 rings (SSSR count). The van der Waals surface area contributed by atoms with Crippen molar-refractivity contribution in [3.63, 3.8) is 0 Å². The number of nitrogens with two attached hydrogens (primary N) is 1. The highest BCUT2D eigenvalue weighted by Crippen LogP contribution is 2.34. The van der Waals surface area contributed by atoms with E-state index in [2.05, 4.69) is 0 Å². The van der Waals surface area contributed by atoms with Gasteiger partial charge in [-0.1, -0.05) is 18.2 Å². The van der Waals surface area contributed by atoms with E-state index in [0.717, 1.165) is 30.5 Å². The zero-order valence-electron chi connectivity index (χ0n) is 10.2. The lowest BCUT2D eigenvalue weighted by Gasteiger charge is -2.33. The van der Waals surface area contributed by atoms with E-state index in [9.17, 15) is 8.42 Å². The quantitative estimate of drug-likeness (QED) is 0.891. The summed E-state index contributed by atoms with van der Waals surface area (Å²) in [6.07, 6.45) is 2.84. The molecule has 1 heterocycles. The molecule has 1 atom stereocenters. The van der Waals surface area contributed by atoms with Gasteiger partial charge in [-0.25, -0.2) is 8.42 Å². The lowest BCUT2D eigenvalue weighted by Crippen LogP contribution is -2.47. The first kappa shape index (κ1) is 12.0. The Morgan fingerprint density at radius 2 is 2.00 bits per heavy atom. The minimum Gasteiger partial charge on any atom is -0.326 e. The molecule has 5 heteroatoms. The number of sulfonamides is 1. The van der Waals surface area contributed by atoms with Crippen molar-refractivity contribution in [2.24, 2.45) is 11.7 Å². The number of nitrogens with zero attached hydrogens (tertiary/aromatic N) is 1. The Balaban J connectivity index is 1.96. The lowest BCUT2D eigenvalue weighted by molar-refractivity contribution is 0.572. The van der Waals surface area contributed by atoms with E-state index in [1.54, 1.807) is 0 Å². The van der Waals surface area contributed by atoms with Crippen molar-refractivity contribution in [1.82, 2.24) is 0 Å². The predicted octanol–water partition coefficient (Wildman–Crippen LogP) is 1.12. The second kappa shape index (κ2) is 4.24. The lowest BCUT2D eigenvalue weighted by atomic mass is 10.0. The van der Waals surface area contributed by atoms with Crippen LogP contribution in [0.3, 0.4) is 0 Å². The molecule has 2 aliphatic rings. The summed E-state index contributed by atoms with van der Waals surface area (Å²) < 4.78 is 26.4. The SMILES string of the molecule is NC1Cc2ccccc2N(S(=O)(=O)CC2CC2)C1. The summed E-state index contributed by atoms with van der Waals surface area (Å²) in [6, 6.07) is 7.56. The van der Waals surface area contributed by atoms with Crippen LogP contribution in [0.4, 0.5) is 5.69 Å². The molecule has 18 heavy (non-hydrogen) atoms. The molecular formula is C13H18N2O2S. The maximum absolute atomic E-state index is 12.4. The number of anilines is 1. The number of para-hydroxylation sites is 1. The first-order valence-electron chi connectivity index (χ1n) is 6.40. The number of fused-ring (bicyclic) bond motifs is 1. The fourth-order valence-electron chi connectivity index (χ4n) is 2.52. The summed E-state index contributed by atoms with van der Waals surface area (Å²) in [4.78, 5) is 0. The predicted molar refractivity (Wildman–Crippen MR) is 72.0 cm³/mol. The highest BCUT2D eigenvalue weighted by molar-refractivity contribution is 7.92. The first-order chi connectivity index (χ1) is 8.56. The zero-order chi connectivity index (χ0) is 12.8. The molecule has 0 saturated heterocycles. The van der Waals surface area contributed by atoms with Crippen LogP contribution in [-0.2, 0) is 16.4 Å². The average Bonchev–Trinajstić information content (AvgIpc) is 3.11. The van der Waals surface area contributed by atoms with E-state index >= 15 is 0 Å². The highest BCUT2D eigenvalue weighted by atomic mass is 32.2. The van der Waals surface area contributed by atoms with Crippen molar-refractivity contribution >= 4 is 15.7 Å². The Kier molecular flexibility index (Phi) is 2.83. The van der Waals surface area contributed by atoms with E-state index in [-0.39, 0.29) is 11.8 Å². The second-order valence-electron chi connectivity index (χ2n) is 5.35. The Bertz CT molecular complexity index is 552. The molecule has 1 unspecified atom stereocenters. The van der Waals surface area contributed by atoms with Crippen molar-refractivity contribution in [3.8, 4) is 0 Å². The van der Waals surface area contributed by atoms with Crippen LogP contribution in [0.25, 0.3) is 0 Å². The number of rotatable bonds is 3. The Hall–Kier alpha value is -1.07. The minimum atomic E-state index is -3.21. The van der Waals surface area contributed by atoms with Gasteiger partial charge in [0, 0.05) is 12.6 Å². The second-order valence-corrected chi connectivity index (χ2v) is 7.28. The summed E-state index contributed by atoms with van der Waals surface area (Å²) in [5, 5.41) is 0. The van der Waals surface area contributed by atoms with Gasteiger partial charge < -0.3 is 5.73 Å². The van der Waals surface area contributed by atoms with Crippen molar-refractivity contribution in [1.29, 1.82) is 0 Å². The molecule has 2 N–H and O–H groups in total. The molecule has 0 radical (unpaired) electrons. The van der Waals surface area contributed by atoms with Gasteiger partial charge in [0.2, 0.25) is 10.0 Å². The van der Waals surface area contributed by atoms with Crippen LogP contribution in [0, 0.1) is 5.92 Å². The van der Waals surface area contributed by atoms with Crippen LogP contribution in [0.5, 0.6) is 0 Å². The van der Waals surface area contributed by atoms with E-state index in [0.29, 0.717) is 12.5 Å². The Morgan fingerprint density at radius 3 is 2.72 bits per heavy atom.